The molecule has 27 heavy (non-hydrogen) atoms. The van der Waals surface area contributed by atoms with Gasteiger partial charge in [-0.15, -0.1) is 0 Å². The van der Waals surface area contributed by atoms with Crippen LogP contribution in [0.1, 0.15) is 35.6 Å². The van der Waals surface area contributed by atoms with Crippen LogP contribution >= 0.6 is 0 Å². The zero-order valence-electron chi connectivity index (χ0n) is 14.9. The first-order valence-electron chi connectivity index (χ1n) is 8.68. The smallest absolute Gasteiger partial charge is 0.416 e. The molecule has 0 aliphatic carbocycles. The van der Waals surface area contributed by atoms with E-state index in [1.54, 1.807) is 18.1 Å². The van der Waals surface area contributed by atoms with Crippen molar-refractivity contribution in [3.05, 3.63) is 71.3 Å². The number of carbonyl (C=O) groups excluding carboxylic acids is 1. The quantitative estimate of drug-likeness (QED) is 0.697. The highest BCUT2D eigenvalue weighted by atomic mass is 19.4. The highest BCUT2D eigenvalue weighted by Crippen LogP contribution is 2.33. The third-order valence-corrected chi connectivity index (χ3v) is 4.67. The van der Waals surface area contributed by atoms with Gasteiger partial charge in [0.15, 0.2) is 0 Å². The van der Waals surface area contributed by atoms with Crippen LogP contribution in [0.3, 0.4) is 0 Å². The molecule has 1 aliphatic heterocycles. The molecule has 1 heterocycles. The summed E-state index contributed by atoms with van der Waals surface area (Å²) in [6.45, 7) is 0.627. The first-order chi connectivity index (χ1) is 12.9. The summed E-state index contributed by atoms with van der Waals surface area (Å²) in [4.78, 5) is 14.4. The summed E-state index contributed by atoms with van der Waals surface area (Å²) in [5, 5.41) is 0. The summed E-state index contributed by atoms with van der Waals surface area (Å²) in [7, 11) is 1.60. The van der Waals surface area contributed by atoms with E-state index in [0.717, 1.165) is 36.3 Å². The lowest BCUT2D eigenvalue weighted by Gasteiger charge is -2.24. The number of benzene rings is 2. The average Bonchev–Trinajstić information content (AvgIpc) is 3.15. The first kappa shape index (κ1) is 19.0. The molecular formula is C21H20F3NO2. The largest absolute Gasteiger partial charge is 0.497 e. The summed E-state index contributed by atoms with van der Waals surface area (Å²) in [5.74, 6) is 0.546. The Bertz CT molecular complexity index is 828. The summed E-state index contributed by atoms with van der Waals surface area (Å²) >= 11 is 0. The Balaban J connectivity index is 1.73. The molecule has 3 rings (SSSR count). The second-order valence-corrected chi connectivity index (χ2v) is 6.42. The summed E-state index contributed by atoms with van der Waals surface area (Å²) in [6.07, 6.45) is 0.121. The highest BCUT2D eigenvalue weighted by Gasteiger charge is 2.30. The average molecular weight is 375 g/mol. The van der Waals surface area contributed by atoms with Crippen molar-refractivity contribution in [3.63, 3.8) is 0 Å². The molecule has 0 aromatic heterocycles. The Morgan fingerprint density at radius 3 is 2.59 bits per heavy atom. The van der Waals surface area contributed by atoms with E-state index in [9.17, 15) is 18.0 Å². The SMILES string of the molecule is COc1ccc(C2CCCN2C(=O)C=Cc2cccc(C(F)(F)F)c2)cc1. The third kappa shape index (κ3) is 4.51. The molecule has 2 aromatic rings. The van der Waals surface area contributed by atoms with E-state index >= 15 is 0 Å². The van der Waals surface area contributed by atoms with Gasteiger partial charge >= 0.3 is 6.18 Å². The van der Waals surface area contributed by atoms with Crippen molar-refractivity contribution in [1.29, 1.82) is 0 Å². The second kappa shape index (κ2) is 7.86. The van der Waals surface area contributed by atoms with Crippen LogP contribution in [0.2, 0.25) is 0 Å². The van der Waals surface area contributed by atoms with Gasteiger partial charge in [0.05, 0.1) is 18.7 Å². The van der Waals surface area contributed by atoms with Crippen LogP contribution in [0, 0.1) is 0 Å². The minimum atomic E-state index is -4.40. The number of hydrogen-bond acceptors (Lipinski definition) is 2. The molecule has 0 saturated carbocycles. The fourth-order valence-corrected chi connectivity index (χ4v) is 3.29. The lowest BCUT2D eigenvalue weighted by molar-refractivity contribution is -0.137. The summed E-state index contributed by atoms with van der Waals surface area (Å²) in [5.41, 5.74) is 0.641. The minimum Gasteiger partial charge on any atom is -0.497 e. The van der Waals surface area contributed by atoms with E-state index in [1.165, 1.54) is 18.2 Å². The third-order valence-electron chi connectivity index (χ3n) is 4.67. The topological polar surface area (TPSA) is 29.5 Å². The maximum Gasteiger partial charge on any atom is 0.416 e. The number of amides is 1. The van der Waals surface area contributed by atoms with Gasteiger partial charge in [0.25, 0.3) is 0 Å². The molecule has 1 fully saturated rings. The van der Waals surface area contributed by atoms with Gasteiger partial charge < -0.3 is 9.64 Å². The normalized spacial score (nSPS) is 17.5. The van der Waals surface area contributed by atoms with E-state index < -0.39 is 11.7 Å². The number of nitrogens with zero attached hydrogens (tertiary/aromatic N) is 1. The van der Waals surface area contributed by atoms with Crippen LogP contribution in [0.15, 0.2) is 54.6 Å². The Morgan fingerprint density at radius 2 is 1.93 bits per heavy atom. The molecule has 1 atom stereocenters. The molecule has 1 unspecified atom stereocenters. The van der Waals surface area contributed by atoms with Crippen molar-refractivity contribution in [2.24, 2.45) is 0 Å². The van der Waals surface area contributed by atoms with E-state index in [4.69, 9.17) is 4.74 Å². The number of alkyl halides is 3. The predicted molar refractivity (Wildman–Crippen MR) is 97.2 cm³/mol. The van der Waals surface area contributed by atoms with Gasteiger partial charge in [-0.1, -0.05) is 24.3 Å². The van der Waals surface area contributed by atoms with Gasteiger partial charge in [-0.2, -0.15) is 13.2 Å². The monoisotopic (exact) mass is 375 g/mol. The van der Waals surface area contributed by atoms with Crippen LogP contribution in [-0.2, 0) is 11.0 Å². The molecule has 6 heteroatoms. The van der Waals surface area contributed by atoms with Gasteiger partial charge in [0.2, 0.25) is 5.91 Å². The maximum atomic E-state index is 12.8. The number of carbonyl (C=O) groups is 1. The molecular weight excluding hydrogens is 355 g/mol. The van der Waals surface area contributed by atoms with E-state index in [2.05, 4.69) is 0 Å². The van der Waals surface area contributed by atoms with Crippen LogP contribution in [-0.4, -0.2) is 24.5 Å². The lowest BCUT2D eigenvalue weighted by Crippen LogP contribution is -2.28. The summed E-state index contributed by atoms with van der Waals surface area (Å²) < 4.78 is 43.5. The van der Waals surface area contributed by atoms with Crippen molar-refractivity contribution < 1.29 is 22.7 Å². The van der Waals surface area contributed by atoms with Crippen molar-refractivity contribution in [1.82, 2.24) is 4.90 Å². The number of halogens is 3. The highest BCUT2D eigenvalue weighted by molar-refractivity contribution is 5.92. The Labute approximate surface area is 156 Å². The fraction of sp³-hybridized carbons (Fsp3) is 0.286. The van der Waals surface area contributed by atoms with Crippen molar-refractivity contribution in [3.8, 4) is 5.75 Å². The van der Waals surface area contributed by atoms with Crippen molar-refractivity contribution >= 4 is 12.0 Å². The molecule has 0 bridgehead atoms. The zero-order valence-corrected chi connectivity index (χ0v) is 14.9. The van der Waals surface area contributed by atoms with Gasteiger partial charge in [-0.05, 0) is 54.3 Å². The van der Waals surface area contributed by atoms with Gasteiger partial charge in [-0.25, -0.2) is 0 Å². The van der Waals surface area contributed by atoms with Crippen LogP contribution in [0.4, 0.5) is 13.2 Å². The number of hydrogen-bond donors (Lipinski definition) is 0. The number of methoxy groups -OCH3 is 1. The molecule has 0 radical (unpaired) electrons. The molecule has 1 saturated heterocycles. The van der Waals surface area contributed by atoms with E-state index in [0.29, 0.717) is 12.1 Å². The van der Waals surface area contributed by atoms with Crippen molar-refractivity contribution in [2.75, 3.05) is 13.7 Å². The van der Waals surface area contributed by atoms with Crippen LogP contribution < -0.4 is 4.74 Å². The Morgan fingerprint density at radius 1 is 1.19 bits per heavy atom. The van der Waals surface area contributed by atoms with Gasteiger partial charge in [0.1, 0.15) is 5.75 Å². The number of ether oxygens (including phenoxy) is 1. The second-order valence-electron chi connectivity index (χ2n) is 6.42. The number of rotatable bonds is 4. The first-order valence-corrected chi connectivity index (χ1v) is 8.68. The molecule has 1 amide bonds. The Kier molecular flexibility index (Phi) is 5.54. The number of likely N-dealkylation sites (tertiary alicyclic amines) is 1. The minimum absolute atomic E-state index is 0.0328. The molecule has 1 aliphatic rings. The van der Waals surface area contributed by atoms with Gasteiger partial charge in [-0.3, -0.25) is 4.79 Å². The zero-order chi connectivity index (χ0) is 19.4. The van der Waals surface area contributed by atoms with E-state index in [1.807, 2.05) is 24.3 Å². The Hall–Kier alpha value is -2.76. The molecule has 2 aromatic carbocycles. The fourth-order valence-electron chi connectivity index (χ4n) is 3.29. The molecule has 0 N–H and O–H groups in total. The van der Waals surface area contributed by atoms with Gasteiger partial charge in [0, 0.05) is 12.6 Å². The van der Waals surface area contributed by atoms with E-state index in [-0.39, 0.29) is 11.9 Å². The molecule has 142 valence electrons. The van der Waals surface area contributed by atoms with Crippen LogP contribution in [0.5, 0.6) is 5.75 Å². The lowest BCUT2D eigenvalue weighted by atomic mass is 10.0. The summed E-state index contributed by atoms with van der Waals surface area (Å²) in [6, 6.07) is 12.5. The maximum absolute atomic E-state index is 12.8. The predicted octanol–water partition coefficient (Wildman–Crippen LogP) is 5.09. The molecule has 0 spiro atoms. The van der Waals surface area contributed by atoms with Crippen molar-refractivity contribution in [2.45, 2.75) is 25.1 Å². The molecule has 3 nitrogen and oxygen atoms in total. The standard InChI is InChI=1S/C21H20F3NO2/c1-27-18-10-8-16(9-11-18)19-6-3-13-25(19)20(26)12-7-15-4-2-5-17(14-15)21(22,23)24/h2,4-5,7-12,14,19H,3,6,13H2,1H3. The van der Waals surface area contributed by atoms with Crippen LogP contribution in [0.25, 0.3) is 6.08 Å².